The Morgan fingerprint density at radius 1 is 1.42 bits per heavy atom. The van der Waals surface area contributed by atoms with E-state index in [1.165, 1.54) is 11.3 Å². The van der Waals surface area contributed by atoms with Crippen molar-refractivity contribution in [3.05, 3.63) is 45.2 Å². The van der Waals surface area contributed by atoms with Gasteiger partial charge in [-0.25, -0.2) is 9.78 Å². The smallest absolute Gasteiger partial charge is 0.358 e. The summed E-state index contributed by atoms with van der Waals surface area (Å²) in [5, 5.41) is 1.12. The fourth-order valence-electron chi connectivity index (χ4n) is 1.67. The fraction of sp³-hybridized carbons (Fsp3) is 0.143. The average molecular weight is 405 g/mol. The van der Waals surface area contributed by atoms with E-state index in [4.69, 9.17) is 39.5 Å². The van der Waals surface area contributed by atoms with Crippen LogP contribution < -0.4 is 17.0 Å². The second kappa shape index (κ2) is 8.59. The molecule has 0 unspecified atom stereocenters. The van der Waals surface area contributed by atoms with Crippen molar-refractivity contribution in [3.8, 4) is 10.4 Å². The predicted octanol–water partition coefficient (Wildman–Crippen LogP) is 3.36. The Labute approximate surface area is 157 Å². The number of nitrogens with one attached hydrogen (secondary N) is 1. The van der Waals surface area contributed by atoms with Crippen LogP contribution in [0, 0.1) is 0 Å². The molecule has 1 aromatic heterocycles. The topological polar surface area (TPSA) is 103 Å². The molecule has 24 heavy (non-hydrogen) atoms. The number of carbonyl (C=O) groups is 1. The number of benzene rings is 1. The molecule has 0 atom stereocenters. The first-order valence-corrected chi connectivity index (χ1v) is 9.07. The van der Waals surface area contributed by atoms with Gasteiger partial charge < -0.3 is 15.9 Å². The number of aromatic nitrogens is 1. The Hall–Kier alpha value is -1.45. The van der Waals surface area contributed by atoms with Crippen molar-refractivity contribution in [2.45, 2.75) is 11.3 Å². The van der Waals surface area contributed by atoms with Crippen LogP contribution in [0.4, 0.5) is 0 Å². The Kier molecular flexibility index (Phi) is 6.76. The van der Waals surface area contributed by atoms with E-state index in [2.05, 4.69) is 10.4 Å². The third-order valence-electron chi connectivity index (χ3n) is 2.76. The summed E-state index contributed by atoms with van der Waals surface area (Å²) in [6.45, 7) is 1.92. The zero-order valence-corrected chi connectivity index (χ0v) is 15.7. The third-order valence-corrected chi connectivity index (χ3v) is 5.54. The summed E-state index contributed by atoms with van der Waals surface area (Å²) < 4.78 is 5.52. The summed E-state index contributed by atoms with van der Waals surface area (Å²) in [7, 11) is 0. The molecule has 128 valence electrons. The SMILES string of the molecule is CCOC(=O)/C(NN)=C(/N)Sc1ncc(-c2ccc(Cl)c(Cl)c2)s1. The van der Waals surface area contributed by atoms with Crippen LogP contribution in [0.5, 0.6) is 0 Å². The summed E-state index contributed by atoms with van der Waals surface area (Å²) in [6, 6.07) is 5.33. The van der Waals surface area contributed by atoms with E-state index in [1.807, 2.05) is 6.07 Å². The molecular weight excluding hydrogens is 391 g/mol. The number of hydrogen-bond donors (Lipinski definition) is 3. The van der Waals surface area contributed by atoms with Gasteiger partial charge in [-0.1, -0.05) is 29.3 Å². The molecule has 2 rings (SSSR count). The molecule has 10 heteroatoms. The summed E-state index contributed by atoms with van der Waals surface area (Å²) in [6.07, 6.45) is 1.69. The molecule has 6 nitrogen and oxygen atoms in total. The lowest BCUT2D eigenvalue weighted by atomic mass is 10.2. The molecule has 0 saturated carbocycles. The summed E-state index contributed by atoms with van der Waals surface area (Å²) >= 11 is 14.5. The fourth-order valence-corrected chi connectivity index (χ4v) is 3.85. The van der Waals surface area contributed by atoms with Gasteiger partial charge in [0.05, 0.1) is 21.5 Å². The van der Waals surface area contributed by atoms with E-state index in [9.17, 15) is 4.79 Å². The molecule has 0 aliphatic carbocycles. The number of nitrogens with two attached hydrogens (primary N) is 2. The molecule has 0 aliphatic heterocycles. The number of hydrogen-bond acceptors (Lipinski definition) is 8. The molecule has 2 aromatic rings. The minimum Gasteiger partial charge on any atom is -0.461 e. The number of rotatable bonds is 6. The summed E-state index contributed by atoms with van der Waals surface area (Å²) in [5.74, 6) is 4.72. The standard InChI is InChI=1S/C14H14Cl2N4O2S2/c1-2-22-13(21)11(20-18)12(17)24-14-19-6-10(23-14)7-3-4-8(15)9(16)5-7/h3-6,20H,2,17-18H2,1H3/b12-11+. The first-order chi connectivity index (χ1) is 11.5. The van der Waals surface area contributed by atoms with Gasteiger partial charge in [0.1, 0.15) is 5.03 Å². The van der Waals surface area contributed by atoms with Crippen LogP contribution in [-0.2, 0) is 9.53 Å². The lowest BCUT2D eigenvalue weighted by Crippen LogP contribution is -2.30. The minimum absolute atomic E-state index is 0.00635. The molecular formula is C14H14Cl2N4O2S2. The number of ether oxygens (including phenoxy) is 1. The van der Waals surface area contributed by atoms with Gasteiger partial charge in [0.15, 0.2) is 10.0 Å². The largest absolute Gasteiger partial charge is 0.461 e. The van der Waals surface area contributed by atoms with E-state index in [-0.39, 0.29) is 17.3 Å². The van der Waals surface area contributed by atoms with Crippen molar-refractivity contribution >= 4 is 52.3 Å². The van der Waals surface area contributed by atoms with Gasteiger partial charge in [-0.3, -0.25) is 5.84 Å². The number of esters is 1. The van der Waals surface area contributed by atoms with Crippen molar-refractivity contribution in [2.24, 2.45) is 11.6 Å². The third kappa shape index (κ3) is 4.55. The number of carbonyl (C=O) groups excluding carboxylic acids is 1. The van der Waals surface area contributed by atoms with Crippen molar-refractivity contribution in [1.82, 2.24) is 10.4 Å². The quantitative estimate of drug-likeness (QED) is 0.223. The number of thiazole rings is 1. The Morgan fingerprint density at radius 3 is 2.79 bits per heavy atom. The first-order valence-electron chi connectivity index (χ1n) is 6.68. The summed E-state index contributed by atoms with van der Waals surface area (Å²) in [4.78, 5) is 16.9. The van der Waals surface area contributed by atoms with Crippen molar-refractivity contribution in [2.75, 3.05) is 6.61 Å². The highest BCUT2D eigenvalue weighted by molar-refractivity contribution is 8.04. The van der Waals surface area contributed by atoms with E-state index in [1.54, 1.807) is 25.3 Å². The van der Waals surface area contributed by atoms with E-state index in [0.717, 1.165) is 22.2 Å². The van der Waals surface area contributed by atoms with Crippen molar-refractivity contribution in [1.29, 1.82) is 0 Å². The molecule has 0 amide bonds. The van der Waals surface area contributed by atoms with Crippen molar-refractivity contribution in [3.63, 3.8) is 0 Å². The van der Waals surface area contributed by atoms with Crippen molar-refractivity contribution < 1.29 is 9.53 Å². The number of thioether (sulfide) groups is 1. The lowest BCUT2D eigenvalue weighted by molar-refractivity contribution is -0.139. The molecule has 0 fully saturated rings. The molecule has 1 aromatic carbocycles. The van der Waals surface area contributed by atoms with Crippen LogP contribution in [0.2, 0.25) is 10.0 Å². The Bertz CT molecular complexity index is 780. The van der Waals surface area contributed by atoms with E-state index >= 15 is 0 Å². The van der Waals surface area contributed by atoms with Crippen LogP contribution in [0.3, 0.4) is 0 Å². The Balaban J connectivity index is 2.21. The summed E-state index contributed by atoms with van der Waals surface area (Å²) in [5.41, 5.74) is 9.06. The van der Waals surface area contributed by atoms with Gasteiger partial charge in [0.2, 0.25) is 0 Å². The van der Waals surface area contributed by atoms with Crippen LogP contribution in [-0.4, -0.2) is 17.6 Å². The monoisotopic (exact) mass is 404 g/mol. The molecule has 5 N–H and O–H groups in total. The van der Waals surface area contributed by atoms with E-state index in [0.29, 0.717) is 14.4 Å². The van der Waals surface area contributed by atoms with Gasteiger partial charge in [-0.05, 0) is 36.4 Å². The highest BCUT2D eigenvalue weighted by Crippen LogP contribution is 2.36. The zero-order chi connectivity index (χ0) is 17.7. The number of nitrogens with zero attached hydrogens (tertiary/aromatic N) is 1. The molecule has 0 spiro atoms. The Morgan fingerprint density at radius 2 is 2.17 bits per heavy atom. The molecule has 0 aliphatic rings. The van der Waals surface area contributed by atoms with Gasteiger partial charge in [0.25, 0.3) is 0 Å². The van der Waals surface area contributed by atoms with Gasteiger partial charge in [-0.2, -0.15) is 0 Å². The molecule has 0 bridgehead atoms. The molecule has 0 saturated heterocycles. The number of hydrazine groups is 1. The van der Waals surface area contributed by atoms with E-state index < -0.39 is 5.97 Å². The second-order valence-electron chi connectivity index (χ2n) is 4.33. The van der Waals surface area contributed by atoms with Crippen LogP contribution in [0.25, 0.3) is 10.4 Å². The van der Waals surface area contributed by atoms with Crippen LogP contribution >= 0.6 is 46.3 Å². The molecule has 0 radical (unpaired) electrons. The maximum Gasteiger partial charge on any atom is 0.358 e. The number of halogens is 2. The van der Waals surface area contributed by atoms with Gasteiger partial charge in [-0.15, -0.1) is 11.3 Å². The normalized spacial score (nSPS) is 11.8. The second-order valence-corrected chi connectivity index (χ2v) is 7.46. The highest BCUT2D eigenvalue weighted by Gasteiger charge is 2.16. The highest BCUT2D eigenvalue weighted by atomic mass is 35.5. The minimum atomic E-state index is -0.619. The van der Waals surface area contributed by atoms with Gasteiger partial charge >= 0.3 is 5.97 Å². The van der Waals surface area contributed by atoms with Crippen LogP contribution in [0.1, 0.15) is 6.92 Å². The van der Waals surface area contributed by atoms with Crippen LogP contribution in [0.15, 0.2) is 39.5 Å². The first kappa shape index (κ1) is 18.9. The van der Waals surface area contributed by atoms with Gasteiger partial charge in [0, 0.05) is 6.20 Å². The maximum absolute atomic E-state index is 11.7. The average Bonchev–Trinajstić information content (AvgIpc) is 2.99. The maximum atomic E-state index is 11.7. The zero-order valence-electron chi connectivity index (χ0n) is 12.5. The predicted molar refractivity (Wildman–Crippen MR) is 98.6 cm³/mol. The lowest BCUT2D eigenvalue weighted by Gasteiger charge is -2.08. The molecule has 1 heterocycles.